The van der Waals surface area contributed by atoms with Gasteiger partial charge in [-0.3, -0.25) is 9.59 Å². The van der Waals surface area contributed by atoms with E-state index in [4.69, 9.17) is 0 Å². The average molecular weight is 476 g/mol. The summed E-state index contributed by atoms with van der Waals surface area (Å²) in [6, 6.07) is 8.21. The Morgan fingerprint density at radius 3 is 2.71 bits per heavy atom. The van der Waals surface area contributed by atoms with Gasteiger partial charge < -0.3 is 14.9 Å². The van der Waals surface area contributed by atoms with Crippen molar-refractivity contribution in [3.8, 4) is 11.1 Å². The van der Waals surface area contributed by atoms with Crippen LogP contribution < -0.4 is 16.4 Å². The van der Waals surface area contributed by atoms with Gasteiger partial charge >= 0.3 is 0 Å². The van der Waals surface area contributed by atoms with Crippen LogP contribution in [0.5, 0.6) is 0 Å². The zero-order valence-corrected chi connectivity index (χ0v) is 20.3. The number of fused-ring (bicyclic) bond motifs is 1. The Morgan fingerprint density at radius 2 is 1.97 bits per heavy atom. The Labute approximate surface area is 202 Å². The smallest absolute Gasteiger partial charge is 0.273 e. The van der Waals surface area contributed by atoms with Crippen molar-refractivity contribution in [2.24, 2.45) is 5.92 Å². The molecule has 1 aliphatic carbocycles. The maximum atomic E-state index is 13.2. The van der Waals surface area contributed by atoms with Gasteiger partial charge in [0, 0.05) is 41.5 Å². The number of nitrogens with one attached hydrogen (secondary N) is 2. The number of hydrogen-bond acceptors (Lipinski definition) is 6. The first kappa shape index (κ1) is 22.5. The molecule has 0 radical (unpaired) electrons. The van der Waals surface area contributed by atoms with Crippen LogP contribution in [-0.2, 0) is 6.54 Å². The molecular weight excluding hydrogens is 446 g/mol. The highest BCUT2D eigenvalue weighted by molar-refractivity contribution is 7.03. The Kier molecular flexibility index (Phi) is 6.32. The van der Waals surface area contributed by atoms with Crippen molar-refractivity contribution in [2.45, 2.75) is 58.0 Å². The second-order valence-electron chi connectivity index (χ2n) is 9.61. The lowest BCUT2D eigenvalue weighted by atomic mass is 9.81. The number of rotatable bonds is 6. The third kappa shape index (κ3) is 4.68. The monoisotopic (exact) mass is 475 g/mol. The first-order valence-corrected chi connectivity index (χ1v) is 12.7. The molecule has 1 aliphatic rings. The van der Waals surface area contributed by atoms with E-state index >= 15 is 0 Å². The van der Waals surface area contributed by atoms with E-state index in [0.717, 1.165) is 42.3 Å². The van der Waals surface area contributed by atoms with Crippen LogP contribution in [-0.4, -0.2) is 25.0 Å². The number of benzene rings is 1. The van der Waals surface area contributed by atoms with Crippen molar-refractivity contribution in [3.05, 3.63) is 74.6 Å². The van der Waals surface area contributed by atoms with Gasteiger partial charge in [0.05, 0.1) is 17.2 Å². The second-order valence-corrected chi connectivity index (χ2v) is 10.3. The molecule has 0 bridgehead atoms. The van der Waals surface area contributed by atoms with Crippen molar-refractivity contribution in [1.29, 1.82) is 0 Å². The predicted molar refractivity (Wildman–Crippen MR) is 138 cm³/mol. The minimum Gasteiger partial charge on any atom is -0.378 e. The molecule has 1 saturated carbocycles. The molecule has 8 heteroatoms. The van der Waals surface area contributed by atoms with Gasteiger partial charge in [0.2, 0.25) is 0 Å². The molecule has 3 aromatic heterocycles. The molecule has 0 aliphatic heterocycles. The molecule has 34 heavy (non-hydrogen) atoms. The number of nitrogens with zero attached hydrogens (tertiary/aromatic N) is 3. The molecule has 0 atom stereocenters. The average Bonchev–Trinajstić information content (AvgIpc) is 3.37. The van der Waals surface area contributed by atoms with Crippen LogP contribution in [0.4, 0.5) is 5.69 Å². The molecule has 1 fully saturated rings. The standard InChI is InChI=1S/C26H29N5O2S/c1-16(2)12-31-13-19(20-11-29-34-14-20)10-24(26(31)33)30-21-6-3-17(4-7-21)18-5-8-22-23(9-18)27-15-28-25(22)32/h5,8-11,13-17,21,30H,3-4,6-7,12H2,1-2H3,(H,27,28,32)/t17-,21+. The van der Waals surface area contributed by atoms with E-state index in [1.54, 1.807) is 0 Å². The minimum atomic E-state index is -0.104. The van der Waals surface area contributed by atoms with E-state index in [9.17, 15) is 9.59 Å². The number of hydrogen-bond donors (Lipinski definition) is 2. The maximum absolute atomic E-state index is 13.2. The van der Waals surface area contributed by atoms with Gasteiger partial charge in [-0.25, -0.2) is 9.36 Å². The molecule has 2 N–H and O–H groups in total. The quantitative estimate of drug-likeness (QED) is 0.409. The lowest BCUT2D eigenvalue weighted by molar-refractivity contribution is 0.412. The molecule has 4 aromatic rings. The van der Waals surface area contributed by atoms with Gasteiger partial charge in [-0.15, -0.1) is 0 Å². The van der Waals surface area contributed by atoms with E-state index < -0.39 is 0 Å². The summed E-state index contributed by atoms with van der Waals surface area (Å²) in [5, 5.41) is 6.21. The highest BCUT2D eigenvalue weighted by Gasteiger charge is 2.24. The molecule has 176 valence electrons. The summed E-state index contributed by atoms with van der Waals surface area (Å²) < 4.78 is 6.06. The summed E-state index contributed by atoms with van der Waals surface area (Å²) in [7, 11) is 0. The molecule has 1 aromatic carbocycles. The summed E-state index contributed by atoms with van der Waals surface area (Å²) in [5.41, 5.74) is 4.63. The number of aromatic amines is 1. The van der Waals surface area contributed by atoms with E-state index in [1.807, 2.05) is 40.5 Å². The van der Waals surface area contributed by atoms with Crippen molar-refractivity contribution in [2.75, 3.05) is 5.32 Å². The zero-order valence-electron chi connectivity index (χ0n) is 19.5. The third-order valence-corrected chi connectivity index (χ3v) is 7.22. The van der Waals surface area contributed by atoms with Crippen molar-refractivity contribution in [3.63, 3.8) is 0 Å². The highest BCUT2D eigenvalue weighted by Crippen LogP contribution is 2.35. The van der Waals surface area contributed by atoms with Crippen LogP contribution in [0.2, 0.25) is 0 Å². The lowest BCUT2D eigenvalue weighted by Gasteiger charge is -2.30. The number of anilines is 1. The van der Waals surface area contributed by atoms with Crippen LogP contribution in [0, 0.1) is 5.92 Å². The maximum Gasteiger partial charge on any atom is 0.273 e. The number of H-pyrrole nitrogens is 1. The molecule has 0 spiro atoms. The molecule has 3 heterocycles. The summed E-state index contributed by atoms with van der Waals surface area (Å²) in [6.45, 7) is 4.93. The van der Waals surface area contributed by atoms with Gasteiger partial charge in [0.15, 0.2) is 0 Å². The second kappa shape index (κ2) is 9.54. The SMILES string of the molecule is CC(C)Cn1cc(-c2cnsc2)cc(N[C@H]2CC[C@@H](c3ccc4c(=O)[nH]cnc4c3)CC2)c1=O. The summed E-state index contributed by atoms with van der Waals surface area (Å²) in [5.74, 6) is 0.813. The minimum absolute atomic E-state index is 0.0357. The van der Waals surface area contributed by atoms with E-state index in [-0.39, 0.29) is 17.2 Å². The van der Waals surface area contributed by atoms with Crippen LogP contribution in [0.15, 0.2) is 58.0 Å². The Morgan fingerprint density at radius 1 is 1.15 bits per heavy atom. The zero-order chi connectivity index (χ0) is 23.7. The number of pyridine rings is 1. The Balaban J connectivity index is 1.33. The van der Waals surface area contributed by atoms with E-state index in [2.05, 4.69) is 39.6 Å². The van der Waals surface area contributed by atoms with Gasteiger partial charge in [-0.1, -0.05) is 19.9 Å². The summed E-state index contributed by atoms with van der Waals surface area (Å²) in [6.07, 6.45) is 9.29. The predicted octanol–water partition coefficient (Wildman–Crippen LogP) is 5.00. The topological polar surface area (TPSA) is 92.7 Å². The fourth-order valence-electron chi connectivity index (χ4n) is 4.90. The Hall–Kier alpha value is -3.26. The molecule has 0 amide bonds. The lowest BCUT2D eigenvalue weighted by Crippen LogP contribution is -2.31. The fourth-order valence-corrected chi connectivity index (χ4v) is 5.45. The third-order valence-electron chi connectivity index (χ3n) is 6.64. The van der Waals surface area contributed by atoms with Crippen LogP contribution >= 0.6 is 11.5 Å². The summed E-state index contributed by atoms with van der Waals surface area (Å²) in [4.78, 5) is 32.1. The van der Waals surface area contributed by atoms with Crippen LogP contribution in [0.3, 0.4) is 0 Å². The van der Waals surface area contributed by atoms with Crippen molar-refractivity contribution < 1.29 is 0 Å². The molecule has 0 saturated heterocycles. The van der Waals surface area contributed by atoms with Crippen molar-refractivity contribution >= 4 is 28.1 Å². The first-order chi connectivity index (χ1) is 16.5. The van der Waals surface area contributed by atoms with Gasteiger partial charge in [-0.05, 0) is 72.8 Å². The van der Waals surface area contributed by atoms with Crippen LogP contribution in [0.25, 0.3) is 22.0 Å². The molecule has 5 rings (SSSR count). The van der Waals surface area contributed by atoms with Gasteiger partial charge in [0.1, 0.15) is 5.69 Å². The van der Waals surface area contributed by atoms with Gasteiger partial charge in [0.25, 0.3) is 11.1 Å². The largest absolute Gasteiger partial charge is 0.378 e. The molecule has 7 nitrogen and oxygen atoms in total. The normalized spacial score (nSPS) is 18.4. The summed E-state index contributed by atoms with van der Waals surface area (Å²) >= 11 is 1.42. The van der Waals surface area contributed by atoms with Gasteiger partial charge in [-0.2, -0.15) is 0 Å². The molecular formula is C26H29N5O2S. The number of aromatic nitrogens is 4. The highest BCUT2D eigenvalue weighted by atomic mass is 32.1. The first-order valence-electron chi connectivity index (χ1n) is 11.9. The van der Waals surface area contributed by atoms with Crippen molar-refractivity contribution in [1.82, 2.24) is 18.9 Å². The van der Waals surface area contributed by atoms with E-state index in [1.165, 1.54) is 23.4 Å². The Bertz CT molecular complexity index is 1400. The van der Waals surface area contributed by atoms with E-state index in [0.29, 0.717) is 29.5 Å². The fraction of sp³-hybridized carbons (Fsp3) is 0.385. The molecule has 0 unspecified atom stereocenters. The van der Waals surface area contributed by atoms with Crippen LogP contribution in [0.1, 0.15) is 51.0 Å².